The molecule has 1 aliphatic heterocycles. The number of ether oxygens (including phenoxy) is 1. The molecule has 1 aliphatic rings. The Balaban J connectivity index is 2.33. The predicted molar refractivity (Wildman–Crippen MR) is 75.5 cm³/mol. The Morgan fingerprint density at radius 1 is 1.35 bits per heavy atom. The summed E-state index contributed by atoms with van der Waals surface area (Å²) < 4.78 is 5.35. The maximum atomic E-state index is 12.2. The molecule has 0 bridgehead atoms. The smallest absolute Gasteiger partial charge is 0.414 e. The van der Waals surface area contributed by atoms with E-state index in [4.69, 9.17) is 9.84 Å². The zero-order valence-corrected chi connectivity index (χ0v) is 11.8. The molecule has 0 saturated carbocycles. The molecule has 1 amide bonds. The van der Waals surface area contributed by atoms with Crippen molar-refractivity contribution in [3.8, 4) is 0 Å². The normalized spacial score (nSPS) is 14.2. The third-order valence-electron chi connectivity index (χ3n) is 2.80. The van der Waals surface area contributed by atoms with Gasteiger partial charge in [0.05, 0.1) is 16.9 Å². The van der Waals surface area contributed by atoms with E-state index < -0.39 is 17.7 Å². The van der Waals surface area contributed by atoms with E-state index in [0.29, 0.717) is 18.8 Å². The molecule has 1 aromatic rings. The van der Waals surface area contributed by atoms with Crippen LogP contribution in [0.2, 0.25) is 0 Å². The Morgan fingerprint density at radius 3 is 2.65 bits per heavy atom. The van der Waals surface area contributed by atoms with Crippen LogP contribution in [-0.2, 0) is 4.74 Å². The molecule has 0 aromatic heterocycles. The fraction of sp³-hybridized carbons (Fsp3) is 0.429. The van der Waals surface area contributed by atoms with E-state index in [0.717, 1.165) is 5.69 Å². The van der Waals surface area contributed by atoms with Crippen LogP contribution < -0.4 is 10.2 Å². The highest BCUT2D eigenvalue weighted by Crippen LogP contribution is 2.31. The highest BCUT2D eigenvalue weighted by Gasteiger charge is 2.27. The number of rotatable bonds is 1. The summed E-state index contributed by atoms with van der Waals surface area (Å²) >= 11 is 0. The number of carbonyl (C=O) groups excluding carboxylic acids is 1. The Kier molecular flexibility index (Phi) is 3.57. The fourth-order valence-corrected chi connectivity index (χ4v) is 1.97. The van der Waals surface area contributed by atoms with Gasteiger partial charge in [-0.3, -0.25) is 4.90 Å². The molecule has 0 saturated heterocycles. The average Bonchev–Trinajstić information content (AvgIpc) is 2.35. The van der Waals surface area contributed by atoms with Crippen LogP contribution in [0.5, 0.6) is 0 Å². The number of fused-ring (bicyclic) bond motifs is 1. The van der Waals surface area contributed by atoms with Gasteiger partial charge in [0.25, 0.3) is 0 Å². The van der Waals surface area contributed by atoms with Gasteiger partial charge in [-0.1, -0.05) is 0 Å². The number of carbonyl (C=O) groups is 2. The number of nitrogens with zero attached hydrogens (tertiary/aromatic N) is 1. The molecule has 1 aromatic carbocycles. The lowest BCUT2D eigenvalue weighted by molar-refractivity contribution is 0.0579. The Hall–Kier alpha value is -2.24. The van der Waals surface area contributed by atoms with Crippen molar-refractivity contribution in [3.05, 3.63) is 23.8 Å². The van der Waals surface area contributed by atoms with E-state index in [-0.39, 0.29) is 5.56 Å². The zero-order valence-electron chi connectivity index (χ0n) is 11.8. The first-order valence-electron chi connectivity index (χ1n) is 6.40. The minimum atomic E-state index is -1.03. The number of aromatic carboxylic acids is 1. The quantitative estimate of drug-likeness (QED) is 0.825. The van der Waals surface area contributed by atoms with Gasteiger partial charge in [0.1, 0.15) is 5.60 Å². The number of anilines is 2. The van der Waals surface area contributed by atoms with Crippen molar-refractivity contribution < 1.29 is 19.4 Å². The number of nitrogens with one attached hydrogen (secondary N) is 1. The lowest BCUT2D eigenvalue weighted by Gasteiger charge is -2.32. The predicted octanol–water partition coefficient (Wildman–Crippen LogP) is 2.55. The largest absolute Gasteiger partial charge is 0.478 e. The van der Waals surface area contributed by atoms with Gasteiger partial charge in [-0.2, -0.15) is 0 Å². The molecule has 0 fully saturated rings. The molecular formula is C14H18N2O4. The molecule has 0 spiro atoms. The van der Waals surface area contributed by atoms with Crippen LogP contribution in [0, 0.1) is 0 Å². The van der Waals surface area contributed by atoms with E-state index in [1.54, 1.807) is 26.8 Å². The van der Waals surface area contributed by atoms with Crippen molar-refractivity contribution in [1.82, 2.24) is 0 Å². The van der Waals surface area contributed by atoms with Crippen molar-refractivity contribution in [2.75, 3.05) is 23.3 Å². The van der Waals surface area contributed by atoms with Crippen molar-refractivity contribution in [3.63, 3.8) is 0 Å². The summed E-state index contributed by atoms with van der Waals surface area (Å²) in [5, 5.41) is 12.2. The summed E-state index contributed by atoms with van der Waals surface area (Å²) in [5.41, 5.74) is 0.811. The van der Waals surface area contributed by atoms with Gasteiger partial charge in [0.15, 0.2) is 0 Å². The summed E-state index contributed by atoms with van der Waals surface area (Å²) in [6, 6.07) is 4.65. The topological polar surface area (TPSA) is 78.9 Å². The number of hydrogen-bond acceptors (Lipinski definition) is 4. The van der Waals surface area contributed by atoms with Crippen LogP contribution in [0.1, 0.15) is 31.1 Å². The fourth-order valence-electron chi connectivity index (χ4n) is 1.97. The molecule has 0 aliphatic carbocycles. The third kappa shape index (κ3) is 3.01. The van der Waals surface area contributed by atoms with E-state index >= 15 is 0 Å². The van der Waals surface area contributed by atoms with Crippen LogP contribution >= 0.6 is 0 Å². The monoisotopic (exact) mass is 278 g/mol. The van der Waals surface area contributed by atoms with Crippen LogP contribution in [0.25, 0.3) is 0 Å². The van der Waals surface area contributed by atoms with Crippen molar-refractivity contribution in [2.45, 2.75) is 26.4 Å². The molecule has 20 heavy (non-hydrogen) atoms. The van der Waals surface area contributed by atoms with Crippen LogP contribution in [-0.4, -0.2) is 35.9 Å². The molecule has 6 heteroatoms. The van der Waals surface area contributed by atoms with Gasteiger partial charge >= 0.3 is 12.1 Å². The summed E-state index contributed by atoms with van der Waals surface area (Å²) in [4.78, 5) is 24.7. The molecule has 6 nitrogen and oxygen atoms in total. The highest BCUT2D eigenvalue weighted by molar-refractivity contribution is 5.97. The molecule has 2 N–H and O–H groups in total. The Bertz CT molecular complexity index is 549. The van der Waals surface area contributed by atoms with E-state index in [1.165, 1.54) is 17.0 Å². The minimum Gasteiger partial charge on any atom is -0.478 e. The van der Waals surface area contributed by atoms with Crippen LogP contribution in [0.15, 0.2) is 18.2 Å². The van der Waals surface area contributed by atoms with Crippen LogP contribution in [0.4, 0.5) is 16.2 Å². The van der Waals surface area contributed by atoms with E-state index in [9.17, 15) is 9.59 Å². The molecular weight excluding hydrogens is 260 g/mol. The SMILES string of the molecule is CC(C)(C)OC(=O)N1CCNc2ccc(C(=O)O)cc21. The zero-order chi connectivity index (χ0) is 14.9. The maximum absolute atomic E-state index is 12.2. The maximum Gasteiger partial charge on any atom is 0.414 e. The molecule has 1 heterocycles. The standard InChI is InChI=1S/C14H18N2O4/c1-14(2,3)20-13(19)16-7-6-15-10-5-4-9(12(17)18)8-11(10)16/h4-5,8,15H,6-7H2,1-3H3,(H,17,18). The number of amides is 1. The Morgan fingerprint density at radius 2 is 2.05 bits per heavy atom. The number of carboxylic acids is 1. The molecule has 0 atom stereocenters. The Labute approximate surface area is 117 Å². The molecule has 0 radical (unpaired) electrons. The van der Waals surface area contributed by atoms with Crippen molar-refractivity contribution >= 4 is 23.4 Å². The number of carboxylic acid groups (broad SMARTS) is 1. The second-order valence-electron chi connectivity index (χ2n) is 5.60. The summed E-state index contributed by atoms with van der Waals surface area (Å²) in [6.45, 7) is 6.41. The molecule has 2 rings (SSSR count). The van der Waals surface area contributed by atoms with Crippen LogP contribution in [0.3, 0.4) is 0 Å². The number of benzene rings is 1. The first-order chi connectivity index (χ1) is 9.28. The van der Waals surface area contributed by atoms with Gasteiger partial charge < -0.3 is 15.2 Å². The highest BCUT2D eigenvalue weighted by atomic mass is 16.6. The van der Waals surface area contributed by atoms with E-state index in [2.05, 4.69) is 5.32 Å². The lowest BCUT2D eigenvalue weighted by atomic mass is 10.1. The van der Waals surface area contributed by atoms with Gasteiger partial charge in [-0.25, -0.2) is 9.59 Å². The first-order valence-corrected chi connectivity index (χ1v) is 6.40. The molecule has 108 valence electrons. The third-order valence-corrected chi connectivity index (χ3v) is 2.80. The summed E-state index contributed by atoms with van der Waals surface area (Å²) in [7, 11) is 0. The number of hydrogen-bond donors (Lipinski definition) is 2. The minimum absolute atomic E-state index is 0.140. The van der Waals surface area contributed by atoms with Gasteiger partial charge in [0, 0.05) is 13.1 Å². The second kappa shape index (κ2) is 5.03. The molecule has 0 unspecified atom stereocenters. The van der Waals surface area contributed by atoms with Crippen molar-refractivity contribution in [2.24, 2.45) is 0 Å². The summed E-state index contributed by atoms with van der Waals surface area (Å²) in [5.74, 6) is -1.03. The van der Waals surface area contributed by atoms with Gasteiger partial charge in [-0.15, -0.1) is 0 Å². The first kappa shape index (κ1) is 14.2. The summed E-state index contributed by atoms with van der Waals surface area (Å²) in [6.07, 6.45) is -0.470. The van der Waals surface area contributed by atoms with Gasteiger partial charge in [-0.05, 0) is 39.0 Å². The second-order valence-corrected chi connectivity index (χ2v) is 5.60. The van der Waals surface area contributed by atoms with Crippen molar-refractivity contribution in [1.29, 1.82) is 0 Å². The lowest BCUT2D eigenvalue weighted by Crippen LogP contribution is -2.42. The van der Waals surface area contributed by atoms with Gasteiger partial charge in [0.2, 0.25) is 0 Å². The van der Waals surface area contributed by atoms with E-state index in [1.807, 2.05) is 0 Å². The average molecular weight is 278 g/mol.